The molecule has 0 unspecified atom stereocenters. The van der Waals surface area contributed by atoms with Gasteiger partial charge in [-0.2, -0.15) is 0 Å². The highest BCUT2D eigenvalue weighted by molar-refractivity contribution is 6.74. The van der Waals surface area contributed by atoms with Gasteiger partial charge in [-0.1, -0.05) is 41.5 Å². The van der Waals surface area contributed by atoms with Crippen LogP contribution >= 0.6 is 0 Å². The van der Waals surface area contributed by atoms with Crippen molar-refractivity contribution in [2.45, 2.75) is 106 Å². The van der Waals surface area contributed by atoms with Crippen LogP contribution in [-0.4, -0.2) is 29.8 Å². The van der Waals surface area contributed by atoms with Gasteiger partial charge < -0.3 is 18.3 Å². The highest BCUT2D eigenvalue weighted by atomic mass is 28.4. The minimum Gasteiger partial charge on any atom is -0.519 e. The maximum absolute atomic E-state index is 6.44. The first kappa shape index (κ1) is 27.1. The zero-order valence-electron chi connectivity index (χ0n) is 20.3. The molecule has 0 atom stereocenters. The predicted octanol–water partition coefficient (Wildman–Crippen LogP) is 7.57. The highest BCUT2D eigenvalue weighted by Crippen LogP contribution is 2.28. The average molecular weight is 431 g/mol. The fourth-order valence-corrected chi connectivity index (χ4v) is 8.33. The number of allylic oxidation sites excluding steroid dienone is 2. The molecule has 0 amide bonds. The Labute approximate surface area is 176 Å². The molecule has 0 aromatic rings. The van der Waals surface area contributed by atoms with Crippen LogP contribution in [-0.2, 0) is 18.3 Å². The summed E-state index contributed by atoms with van der Waals surface area (Å²) in [5.74, 6) is 1.39. The molecule has 0 aromatic carbocycles. The second kappa shape index (κ2) is 13.4. The summed E-state index contributed by atoms with van der Waals surface area (Å²) in [6.07, 6.45) is 0. The molecule has 4 nitrogen and oxygen atoms in total. The van der Waals surface area contributed by atoms with E-state index in [1.807, 2.05) is 27.7 Å². The number of rotatable bonds is 15. The van der Waals surface area contributed by atoms with Crippen molar-refractivity contribution in [2.24, 2.45) is 0 Å². The van der Waals surface area contributed by atoms with Gasteiger partial charge in [-0.25, -0.2) is 0 Å². The van der Waals surface area contributed by atoms with Crippen molar-refractivity contribution in [2.75, 3.05) is 13.2 Å². The van der Waals surface area contributed by atoms with Crippen molar-refractivity contribution in [1.29, 1.82) is 0 Å². The van der Waals surface area contributed by atoms with Crippen LogP contribution in [0, 0.1) is 0 Å². The number of hydrogen-bond donors (Lipinski definition) is 0. The lowest BCUT2D eigenvalue weighted by Gasteiger charge is -2.31. The Morgan fingerprint density at radius 1 is 0.500 bits per heavy atom. The minimum absolute atomic E-state index is 0.460. The Hall–Kier alpha value is -0.886. The Balaban J connectivity index is 4.91. The van der Waals surface area contributed by atoms with Crippen molar-refractivity contribution < 1.29 is 18.3 Å². The smallest absolute Gasteiger partial charge is 0.263 e. The molecule has 0 fully saturated rings. The van der Waals surface area contributed by atoms with Crippen LogP contribution in [0.4, 0.5) is 0 Å². The summed E-state index contributed by atoms with van der Waals surface area (Å²) in [6, 6.07) is 6.61. The fraction of sp³-hybridized carbons (Fsp3) is 0.818. The Kier molecular flexibility index (Phi) is 12.9. The van der Waals surface area contributed by atoms with Crippen molar-refractivity contribution >= 4 is 16.6 Å². The van der Waals surface area contributed by atoms with Gasteiger partial charge in [0.25, 0.3) is 28.5 Å². The summed E-state index contributed by atoms with van der Waals surface area (Å²) in [4.78, 5) is 0. The van der Waals surface area contributed by atoms with Gasteiger partial charge in [0.15, 0.2) is 0 Å². The van der Waals surface area contributed by atoms with Gasteiger partial charge in [-0.05, 0) is 64.0 Å². The molecule has 6 heteroatoms. The van der Waals surface area contributed by atoms with Crippen molar-refractivity contribution in [3.05, 3.63) is 23.0 Å². The van der Waals surface area contributed by atoms with Gasteiger partial charge in [0.05, 0.1) is 0 Å². The molecule has 0 N–H and O–H groups in total. The lowest BCUT2D eigenvalue weighted by atomic mass is 10.4. The molecular weight excluding hydrogens is 384 g/mol. The van der Waals surface area contributed by atoms with Gasteiger partial charge >= 0.3 is 0 Å². The van der Waals surface area contributed by atoms with E-state index in [1.165, 1.54) is 0 Å². The number of ether oxygens (including phenoxy) is 2. The van der Waals surface area contributed by atoms with Gasteiger partial charge in [0.2, 0.25) is 0 Å². The van der Waals surface area contributed by atoms with Crippen LogP contribution in [0.25, 0.3) is 0 Å². The first-order chi connectivity index (χ1) is 13.2. The third-order valence-electron chi connectivity index (χ3n) is 5.85. The van der Waals surface area contributed by atoms with E-state index in [0.29, 0.717) is 25.1 Å². The van der Waals surface area contributed by atoms with Gasteiger partial charge in [-0.3, -0.25) is 0 Å². The zero-order valence-corrected chi connectivity index (χ0v) is 22.3. The van der Waals surface area contributed by atoms with Crippen LogP contribution < -0.4 is 0 Å². The maximum atomic E-state index is 6.44. The van der Waals surface area contributed by atoms with E-state index in [9.17, 15) is 0 Å². The zero-order chi connectivity index (χ0) is 21.8. The topological polar surface area (TPSA) is 36.9 Å². The predicted molar refractivity (Wildman–Crippen MR) is 125 cm³/mol. The molecule has 0 aliphatic carbocycles. The fourth-order valence-electron chi connectivity index (χ4n) is 3.15. The maximum Gasteiger partial charge on any atom is 0.263 e. The van der Waals surface area contributed by atoms with Crippen molar-refractivity contribution in [3.63, 3.8) is 0 Å². The van der Waals surface area contributed by atoms with E-state index in [-0.39, 0.29) is 0 Å². The normalized spacial score (nSPS) is 11.6. The SMILES string of the molecule is CC[Si](CC)(CC)OC(OCCOC(O[Si](CC)(CC)CC)=C(C)C)=C(C)C. The Morgan fingerprint density at radius 2 is 0.750 bits per heavy atom. The first-order valence-electron chi connectivity index (χ1n) is 11.2. The van der Waals surface area contributed by atoms with Crippen molar-refractivity contribution in [3.8, 4) is 0 Å². The van der Waals surface area contributed by atoms with E-state index < -0.39 is 16.6 Å². The molecule has 0 aromatic heterocycles. The van der Waals surface area contributed by atoms with E-state index in [4.69, 9.17) is 18.3 Å². The second-order valence-corrected chi connectivity index (χ2v) is 17.3. The minimum atomic E-state index is -1.74. The van der Waals surface area contributed by atoms with Crippen LogP contribution in [0.3, 0.4) is 0 Å². The summed E-state index contributed by atoms with van der Waals surface area (Å²) in [5, 5.41) is 0. The van der Waals surface area contributed by atoms with E-state index in [1.54, 1.807) is 0 Å². The Bertz CT molecular complexity index is 436. The van der Waals surface area contributed by atoms with E-state index >= 15 is 0 Å². The molecule has 0 aliphatic rings. The molecule has 0 rings (SSSR count). The lowest BCUT2D eigenvalue weighted by Crippen LogP contribution is -2.36. The summed E-state index contributed by atoms with van der Waals surface area (Å²) in [7, 11) is -3.48. The average Bonchev–Trinajstić information content (AvgIpc) is 2.70. The lowest BCUT2D eigenvalue weighted by molar-refractivity contribution is 0.0285. The summed E-state index contributed by atoms with van der Waals surface area (Å²) >= 11 is 0. The van der Waals surface area contributed by atoms with Crippen LogP contribution in [0.5, 0.6) is 0 Å². The van der Waals surface area contributed by atoms with E-state index in [0.717, 1.165) is 47.4 Å². The van der Waals surface area contributed by atoms with Gasteiger partial charge in [0.1, 0.15) is 13.2 Å². The molecule has 0 radical (unpaired) electrons. The molecule has 0 bridgehead atoms. The first-order valence-corrected chi connectivity index (χ1v) is 16.2. The molecule has 0 saturated heterocycles. The molecular formula is C22H46O4Si2. The quantitative estimate of drug-likeness (QED) is 0.152. The van der Waals surface area contributed by atoms with E-state index in [2.05, 4.69) is 41.5 Å². The summed E-state index contributed by atoms with van der Waals surface area (Å²) in [6.45, 7) is 22.5. The van der Waals surface area contributed by atoms with Crippen LogP contribution in [0.15, 0.2) is 23.0 Å². The summed E-state index contributed by atoms with van der Waals surface area (Å²) in [5.41, 5.74) is 2.17. The molecule has 28 heavy (non-hydrogen) atoms. The monoisotopic (exact) mass is 430 g/mol. The number of hydrogen-bond acceptors (Lipinski definition) is 4. The van der Waals surface area contributed by atoms with Crippen molar-refractivity contribution in [1.82, 2.24) is 0 Å². The highest BCUT2D eigenvalue weighted by Gasteiger charge is 2.33. The molecule has 0 heterocycles. The van der Waals surface area contributed by atoms with Crippen LogP contribution in [0.2, 0.25) is 36.3 Å². The Morgan fingerprint density at radius 3 is 0.929 bits per heavy atom. The standard InChI is InChI=1S/C22H46O4Si2/c1-11-27(12-2,13-3)25-21(19(7)8)23-17-18-24-22(20(9)10)26-28(14-4,15-5)16-6/h11-18H2,1-10H3. The third kappa shape index (κ3) is 8.23. The molecule has 0 spiro atoms. The largest absolute Gasteiger partial charge is 0.519 e. The van der Waals surface area contributed by atoms with Gasteiger partial charge in [0, 0.05) is 11.1 Å². The second-order valence-electron chi connectivity index (χ2n) is 7.96. The van der Waals surface area contributed by atoms with Crippen LogP contribution in [0.1, 0.15) is 69.2 Å². The molecule has 166 valence electrons. The molecule has 0 aliphatic heterocycles. The molecule has 0 saturated carbocycles. The summed E-state index contributed by atoms with van der Waals surface area (Å²) < 4.78 is 24.9. The third-order valence-corrected chi connectivity index (χ3v) is 14.8. The van der Waals surface area contributed by atoms with Gasteiger partial charge in [-0.15, -0.1) is 0 Å².